The third kappa shape index (κ3) is 4.18. The molecular weight excluding hydrogens is 475 g/mol. The van der Waals surface area contributed by atoms with Gasteiger partial charge in [0.1, 0.15) is 6.54 Å². The van der Waals surface area contributed by atoms with Crippen molar-refractivity contribution in [1.82, 2.24) is 10.0 Å². The highest BCUT2D eigenvalue weighted by Gasteiger charge is 2.51. The Bertz CT molecular complexity index is 1120. The smallest absolute Gasteiger partial charge is 0.273 e. The number of ketones is 1. The number of hydrogen-bond acceptors (Lipinski definition) is 4. The van der Waals surface area contributed by atoms with Gasteiger partial charge < -0.3 is 0 Å². The van der Waals surface area contributed by atoms with Crippen molar-refractivity contribution in [2.24, 2.45) is 11.8 Å². The van der Waals surface area contributed by atoms with Crippen LogP contribution < -0.4 is 0 Å². The van der Waals surface area contributed by atoms with Crippen molar-refractivity contribution in [3.63, 3.8) is 0 Å². The van der Waals surface area contributed by atoms with Crippen molar-refractivity contribution >= 4 is 58.3 Å². The van der Waals surface area contributed by atoms with E-state index in [2.05, 4.69) is 0 Å². The van der Waals surface area contributed by atoms with Crippen LogP contribution in [-0.2, 0) is 9.59 Å². The molecule has 2 aromatic rings. The van der Waals surface area contributed by atoms with Crippen LogP contribution in [0.25, 0.3) is 0 Å². The van der Waals surface area contributed by atoms with Gasteiger partial charge in [0, 0.05) is 16.1 Å². The summed E-state index contributed by atoms with van der Waals surface area (Å²) < 4.78 is 0. The van der Waals surface area contributed by atoms with E-state index in [0.717, 1.165) is 10.0 Å². The summed E-state index contributed by atoms with van der Waals surface area (Å²) in [5.74, 6) is -3.27. The summed E-state index contributed by atoms with van der Waals surface area (Å²) in [5.41, 5.74) is 0.386. The first-order chi connectivity index (χ1) is 15.3. The molecule has 0 bridgehead atoms. The minimum atomic E-state index is -0.709. The minimum Gasteiger partial charge on any atom is -0.292 e. The molecule has 6 nitrogen and oxygen atoms in total. The Kier molecular flexibility index (Phi) is 6.38. The van der Waals surface area contributed by atoms with E-state index in [0.29, 0.717) is 23.4 Å². The maximum Gasteiger partial charge on any atom is 0.273 e. The first kappa shape index (κ1) is 22.5. The summed E-state index contributed by atoms with van der Waals surface area (Å²) >= 11 is 17.9. The number of halogens is 3. The van der Waals surface area contributed by atoms with Crippen LogP contribution in [0.5, 0.6) is 0 Å². The van der Waals surface area contributed by atoms with Crippen molar-refractivity contribution in [3.8, 4) is 0 Å². The third-order valence-electron chi connectivity index (χ3n) is 5.59. The lowest BCUT2D eigenvalue weighted by Crippen LogP contribution is -2.52. The number of hydrazine groups is 1. The molecule has 164 valence electrons. The highest BCUT2D eigenvalue weighted by Crippen LogP contribution is 2.36. The van der Waals surface area contributed by atoms with Gasteiger partial charge >= 0.3 is 0 Å². The number of carbonyl (C=O) groups is 4. The highest BCUT2D eigenvalue weighted by molar-refractivity contribution is 6.42. The van der Waals surface area contributed by atoms with E-state index < -0.39 is 41.9 Å². The molecule has 0 saturated carbocycles. The van der Waals surface area contributed by atoms with Crippen LogP contribution in [0.2, 0.25) is 15.1 Å². The Labute approximate surface area is 199 Å². The fraction of sp³-hybridized carbons (Fsp3) is 0.217. The summed E-state index contributed by atoms with van der Waals surface area (Å²) in [6.07, 6.45) is 4.51. The number of imide groups is 1. The number of fused-ring (bicyclic) bond motifs is 1. The Balaban J connectivity index is 1.70. The number of carbonyl (C=O) groups excluding carboxylic acids is 4. The summed E-state index contributed by atoms with van der Waals surface area (Å²) in [4.78, 5) is 52.6. The highest BCUT2D eigenvalue weighted by atomic mass is 35.5. The standard InChI is InChI=1S/C23H17Cl3N2O4/c24-15-8-5-13(6-9-15)20(29)12-27(21(30)14-7-10-18(25)19(26)11-14)28-22(31)16-3-1-2-4-17(16)23(28)32/h1-2,5-11,16-17H,3-4,12H2/t16-,17-/m1/s1. The molecule has 2 atom stereocenters. The normalized spacial score (nSPS) is 19.8. The van der Waals surface area contributed by atoms with E-state index in [-0.39, 0.29) is 15.6 Å². The monoisotopic (exact) mass is 490 g/mol. The van der Waals surface area contributed by atoms with Crippen LogP contribution in [0.3, 0.4) is 0 Å². The Morgan fingerprint density at radius 3 is 1.97 bits per heavy atom. The van der Waals surface area contributed by atoms with Gasteiger partial charge in [-0.3, -0.25) is 19.2 Å². The number of Topliss-reactive ketones (excluding diaryl/α,β-unsaturated/α-hetero) is 1. The van der Waals surface area contributed by atoms with Gasteiger partial charge in [-0.1, -0.05) is 47.0 Å². The zero-order valence-corrected chi connectivity index (χ0v) is 18.9. The van der Waals surface area contributed by atoms with Crippen LogP contribution in [-0.4, -0.2) is 40.1 Å². The quantitative estimate of drug-likeness (QED) is 0.341. The summed E-state index contributed by atoms with van der Waals surface area (Å²) in [7, 11) is 0. The third-order valence-corrected chi connectivity index (χ3v) is 6.58. The molecule has 1 aliphatic carbocycles. The molecule has 2 aliphatic rings. The van der Waals surface area contributed by atoms with Gasteiger partial charge in [-0.2, -0.15) is 5.01 Å². The van der Waals surface area contributed by atoms with E-state index >= 15 is 0 Å². The van der Waals surface area contributed by atoms with Crippen molar-refractivity contribution in [2.75, 3.05) is 6.54 Å². The van der Waals surface area contributed by atoms with E-state index in [9.17, 15) is 19.2 Å². The van der Waals surface area contributed by atoms with Crippen molar-refractivity contribution in [2.45, 2.75) is 12.8 Å². The van der Waals surface area contributed by atoms with E-state index in [1.807, 2.05) is 12.2 Å². The maximum absolute atomic E-state index is 13.4. The average molecular weight is 492 g/mol. The molecule has 4 rings (SSSR count). The van der Waals surface area contributed by atoms with E-state index in [4.69, 9.17) is 34.8 Å². The van der Waals surface area contributed by atoms with Gasteiger partial charge in [0.05, 0.1) is 21.9 Å². The first-order valence-electron chi connectivity index (χ1n) is 9.86. The second-order valence-electron chi connectivity index (χ2n) is 7.57. The maximum atomic E-state index is 13.4. The van der Waals surface area contributed by atoms with Gasteiger partial charge in [-0.25, -0.2) is 5.01 Å². The van der Waals surface area contributed by atoms with Crippen molar-refractivity contribution in [3.05, 3.63) is 80.8 Å². The largest absolute Gasteiger partial charge is 0.292 e. The molecule has 0 spiro atoms. The molecule has 1 saturated heterocycles. The van der Waals surface area contributed by atoms with Gasteiger partial charge in [-0.15, -0.1) is 0 Å². The van der Waals surface area contributed by atoms with Crippen LogP contribution in [0, 0.1) is 11.8 Å². The average Bonchev–Trinajstić information content (AvgIpc) is 3.04. The van der Waals surface area contributed by atoms with Crippen LogP contribution in [0.4, 0.5) is 0 Å². The Morgan fingerprint density at radius 2 is 1.41 bits per heavy atom. The summed E-state index contributed by atoms with van der Waals surface area (Å²) in [6.45, 7) is -0.509. The molecule has 9 heteroatoms. The fourth-order valence-electron chi connectivity index (χ4n) is 3.90. The Hall–Kier alpha value is -2.67. The van der Waals surface area contributed by atoms with Gasteiger partial charge in [0.25, 0.3) is 17.7 Å². The molecule has 1 fully saturated rings. The van der Waals surface area contributed by atoms with Gasteiger partial charge in [0.2, 0.25) is 0 Å². The SMILES string of the molecule is O=C(CN(C(=O)c1ccc(Cl)c(Cl)c1)N1C(=O)[C@@H]2CC=CC[C@H]2C1=O)c1ccc(Cl)cc1. The molecule has 0 N–H and O–H groups in total. The van der Waals surface area contributed by atoms with E-state index in [1.165, 1.54) is 30.3 Å². The lowest BCUT2D eigenvalue weighted by molar-refractivity contribution is -0.154. The number of benzene rings is 2. The summed E-state index contributed by atoms with van der Waals surface area (Å²) in [6, 6.07) is 10.3. The predicted octanol–water partition coefficient (Wildman–Crippen LogP) is 4.84. The van der Waals surface area contributed by atoms with Crippen LogP contribution >= 0.6 is 34.8 Å². The molecular formula is C23H17Cl3N2O4. The van der Waals surface area contributed by atoms with Crippen LogP contribution in [0.1, 0.15) is 33.6 Å². The number of hydrogen-bond donors (Lipinski definition) is 0. The van der Waals surface area contributed by atoms with Gasteiger partial charge in [-0.05, 0) is 55.3 Å². The number of amides is 3. The molecule has 0 radical (unpaired) electrons. The lowest BCUT2D eigenvalue weighted by atomic mass is 9.85. The predicted molar refractivity (Wildman–Crippen MR) is 120 cm³/mol. The zero-order chi connectivity index (χ0) is 23.0. The second kappa shape index (κ2) is 9.06. The summed E-state index contributed by atoms with van der Waals surface area (Å²) in [5, 5.41) is 2.56. The van der Waals surface area contributed by atoms with Crippen molar-refractivity contribution < 1.29 is 19.2 Å². The van der Waals surface area contributed by atoms with Crippen molar-refractivity contribution in [1.29, 1.82) is 0 Å². The second-order valence-corrected chi connectivity index (χ2v) is 8.82. The van der Waals surface area contributed by atoms with E-state index in [1.54, 1.807) is 12.1 Å². The molecule has 0 unspecified atom stereocenters. The topological polar surface area (TPSA) is 74.8 Å². The first-order valence-corrected chi connectivity index (χ1v) is 11.0. The number of rotatable bonds is 5. The Morgan fingerprint density at radius 1 is 0.844 bits per heavy atom. The molecule has 1 aliphatic heterocycles. The number of allylic oxidation sites excluding steroid dienone is 2. The fourth-order valence-corrected chi connectivity index (χ4v) is 4.32. The minimum absolute atomic E-state index is 0.0944. The molecule has 3 amide bonds. The number of nitrogens with zero attached hydrogens (tertiary/aromatic N) is 2. The molecule has 1 heterocycles. The molecule has 2 aromatic carbocycles. The molecule has 0 aromatic heterocycles. The van der Waals surface area contributed by atoms with Crippen LogP contribution in [0.15, 0.2) is 54.6 Å². The van der Waals surface area contributed by atoms with Gasteiger partial charge in [0.15, 0.2) is 5.78 Å². The zero-order valence-electron chi connectivity index (χ0n) is 16.6. The molecule has 32 heavy (non-hydrogen) atoms. The lowest BCUT2D eigenvalue weighted by Gasteiger charge is -2.30.